The zero-order chi connectivity index (χ0) is 20.8. The Morgan fingerprint density at radius 3 is 2.50 bits per heavy atom. The highest BCUT2D eigenvalue weighted by molar-refractivity contribution is 7.99. The summed E-state index contributed by atoms with van der Waals surface area (Å²) in [5.74, 6) is 2.18. The molecule has 3 fully saturated rings. The molecule has 1 N–H and O–H groups in total. The molecule has 1 aromatic rings. The van der Waals surface area contributed by atoms with Gasteiger partial charge in [0.05, 0.1) is 25.8 Å². The molecule has 0 saturated carbocycles. The van der Waals surface area contributed by atoms with Gasteiger partial charge in [-0.25, -0.2) is 0 Å². The van der Waals surface area contributed by atoms with Crippen molar-refractivity contribution in [3.63, 3.8) is 0 Å². The molecule has 1 atom stereocenters. The van der Waals surface area contributed by atoms with Crippen molar-refractivity contribution in [2.24, 2.45) is 0 Å². The molecule has 164 valence electrons. The van der Waals surface area contributed by atoms with Crippen molar-refractivity contribution < 1.29 is 14.3 Å². The highest BCUT2D eigenvalue weighted by atomic mass is 32.2. The minimum Gasteiger partial charge on any atom is -0.379 e. The van der Waals surface area contributed by atoms with Crippen molar-refractivity contribution in [1.82, 2.24) is 14.7 Å². The van der Waals surface area contributed by atoms with Crippen LogP contribution in [0.15, 0.2) is 24.3 Å². The number of nitrogens with zero attached hydrogens (tertiary/aromatic N) is 3. The largest absolute Gasteiger partial charge is 0.379 e. The van der Waals surface area contributed by atoms with E-state index in [1.165, 1.54) is 5.56 Å². The van der Waals surface area contributed by atoms with Crippen LogP contribution in [0.2, 0.25) is 0 Å². The molecule has 3 heterocycles. The molecule has 0 bridgehead atoms. The van der Waals surface area contributed by atoms with Crippen LogP contribution in [-0.2, 0) is 20.9 Å². The summed E-state index contributed by atoms with van der Waals surface area (Å²) in [6.07, 6.45) is 1.83. The van der Waals surface area contributed by atoms with Gasteiger partial charge in [0.2, 0.25) is 11.8 Å². The summed E-state index contributed by atoms with van der Waals surface area (Å²) in [4.78, 5) is 31.9. The number of anilines is 1. The number of hydrogen-bond donors (Lipinski definition) is 1. The maximum atomic E-state index is 12.9. The Hall–Kier alpha value is -1.61. The lowest BCUT2D eigenvalue weighted by molar-refractivity contribution is -0.136. The van der Waals surface area contributed by atoms with Gasteiger partial charge in [-0.2, -0.15) is 11.8 Å². The van der Waals surface area contributed by atoms with Crippen molar-refractivity contribution >= 4 is 29.3 Å². The van der Waals surface area contributed by atoms with Crippen LogP contribution in [0.4, 0.5) is 5.69 Å². The molecule has 8 heteroatoms. The SMILES string of the molecule is O=C(CN1CCCC1C(=O)N1CCSCC1)Nc1ccc(CN2CCOCC2)cc1. The number of carbonyl (C=O) groups is 2. The Morgan fingerprint density at radius 2 is 1.77 bits per heavy atom. The van der Waals surface area contributed by atoms with Gasteiger partial charge in [-0.05, 0) is 37.1 Å². The highest BCUT2D eigenvalue weighted by Gasteiger charge is 2.35. The third kappa shape index (κ3) is 5.75. The molecule has 4 rings (SSSR count). The van der Waals surface area contributed by atoms with Crippen LogP contribution < -0.4 is 5.32 Å². The first-order valence-electron chi connectivity index (χ1n) is 11.0. The van der Waals surface area contributed by atoms with Crippen LogP contribution in [0.3, 0.4) is 0 Å². The predicted octanol–water partition coefficient (Wildman–Crippen LogP) is 1.50. The molecule has 1 unspecified atom stereocenters. The van der Waals surface area contributed by atoms with Crippen molar-refractivity contribution in [2.45, 2.75) is 25.4 Å². The molecule has 1 aromatic carbocycles. The van der Waals surface area contributed by atoms with Gasteiger partial charge in [0.15, 0.2) is 0 Å². The van der Waals surface area contributed by atoms with Crippen molar-refractivity contribution in [3.05, 3.63) is 29.8 Å². The maximum Gasteiger partial charge on any atom is 0.239 e. The second kappa shape index (κ2) is 10.6. The van der Waals surface area contributed by atoms with E-state index in [-0.39, 0.29) is 24.4 Å². The number of nitrogens with one attached hydrogen (secondary N) is 1. The first kappa shape index (κ1) is 21.6. The topological polar surface area (TPSA) is 65.1 Å². The minimum atomic E-state index is -0.144. The zero-order valence-electron chi connectivity index (χ0n) is 17.6. The first-order chi connectivity index (χ1) is 14.7. The summed E-state index contributed by atoms with van der Waals surface area (Å²) < 4.78 is 5.39. The van der Waals surface area contributed by atoms with Gasteiger partial charge in [-0.3, -0.25) is 19.4 Å². The van der Waals surface area contributed by atoms with Crippen LogP contribution in [-0.4, -0.2) is 96.5 Å². The molecule has 3 aliphatic heterocycles. The summed E-state index contributed by atoms with van der Waals surface area (Å²) in [6, 6.07) is 7.93. The number of rotatable bonds is 6. The second-order valence-electron chi connectivity index (χ2n) is 8.20. The minimum absolute atomic E-state index is 0.0511. The van der Waals surface area contributed by atoms with Crippen LogP contribution >= 0.6 is 11.8 Å². The van der Waals surface area contributed by atoms with E-state index in [0.717, 1.165) is 82.5 Å². The average molecular weight is 433 g/mol. The van der Waals surface area contributed by atoms with E-state index < -0.39 is 0 Å². The smallest absolute Gasteiger partial charge is 0.239 e. The number of hydrogen-bond acceptors (Lipinski definition) is 6. The number of carbonyl (C=O) groups excluding carboxylic acids is 2. The molecule has 0 radical (unpaired) electrons. The molecule has 30 heavy (non-hydrogen) atoms. The van der Waals surface area contributed by atoms with Crippen LogP contribution in [0.1, 0.15) is 18.4 Å². The van der Waals surface area contributed by atoms with Crippen molar-refractivity contribution in [2.75, 3.05) is 69.3 Å². The van der Waals surface area contributed by atoms with E-state index >= 15 is 0 Å². The average Bonchev–Trinajstić information content (AvgIpc) is 3.24. The molecular formula is C22H32N4O3S. The standard InChI is InChI=1S/C22H32N4O3S/c27-21(17-26-7-1-2-20(26)22(28)25-10-14-30-15-11-25)23-19-5-3-18(4-6-19)16-24-8-12-29-13-9-24/h3-6,20H,1-2,7-17H2,(H,23,27). The molecule has 3 aliphatic rings. The normalized spacial score (nSPS) is 23.5. The number of morpholine rings is 1. The lowest BCUT2D eigenvalue weighted by atomic mass is 10.2. The van der Waals surface area contributed by atoms with Gasteiger partial charge in [0, 0.05) is 49.9 Å². The van der Waals surface area contributed by atoms with Crippen LogP contribution in [0.25, 0.3) is 0 Å². The predicted molar refractivity (Wildman–Crippen MR) is 120 cm³/mol. The molecule has 7 nitrogen and oxygen atoms in total. The molecular weight excluding hydrogens is 400 g/mol. The number of benzene rings is 1. The Kier molecular flexibility index (Phi) is 7.65. The summed E-state index contributed by atoms with van der Waals surface area (Å²) in [5, 5.41) is 3.00. The third-order valence-electron chi connectivity index (χ3n) is 6.07. The van der Waals surface area contributed by atoms with E-state index in [2.05, 4.69) is 22.3 Å². The van der Waals surface area contributed by atoms with Crippen molar-refractivity contribution in [1.29, 1.82) is 0 Å². The van der Waals surface area contributed by atoms with Crippen LogP contribution in [0, 0.1) is 0 Å². The monoisotopic (exact) mass is 432 g/mol. The molecule has 0 aliphatic carbocycles. The van der Waals surface area contributed by atoms with E-state index in [1.807, 2.05) is 33.7 Å². The fourth-order valence-electron chi connectivity index (χ4n) is 4.39. The molecule has 2 amide bonds. The summed E-state index contributed by atoms with van der Waals surface area (Å²) in [5.41, 5.74) is 2.04. The first-order valence-corrected chi connectivity index (χ1v) is 12.1. The Labute approximate surface area is 183 Å². The fraction of sp³-hybridized carbons (Fsp3) is 0.636. The molecule has 0 spiro atoms. The lowest BCUT2D eigenvalue weighted by Crippen LogP contribution is -2.49. The van der Waals surface area contributed by atoms with Gasteiger partial charge < -0.3 is 15.0 Å². The number of ether oxygens (including phenoxy) is 1. The summed E-state index contributed by atoms with van der Waals surface area (Å²) >= 11 is 1.90. The second-order valence-corrected chi connectivity index (χ2v) is 9.42. The highest BCUT2D eigenvalue weighted by Crippen LogP contribution is 2.21. The van der Waals surface area contributed by atoms with Gasteiger partial charge >= 0.3 is 0 Å². The van der Waals surface area contributed by atoms with Gasteiger partial charge in [-0.15, -0.1) is 0 Å². The van der Waals surface area contributed by atoms with Gasteiger partial charge in [0.25, 0.3) is 0 Å². The molecule has 3 saturated heterocycles. The summed E-state index contributed by atoms with van der Waals surface area (Å²) in [6.45, 7) is 7.17. The van der Waals surface area contributed by atoms with Gasteiger partial charge in [0.1, 0.15) is 0 Å². The van der Waals surface area contributed by atoms with Crippen molar-refractivity contribution in [3.8, 4) is 0 Å². The Balaban J connectivity index is 1.26. The van der Waals surface area contributed by atoms with E-state index in [4.69, 9.17) is 4.74 Å². The Bertz CT molecular complexity index is 718. The van der Waals surface area contributed by atoms with E-state index in [9.17, 15) is 9.59 Å². The summed E-state index contributed by atoms with van der Waals surface area (Å²) in [7, 11) is 0. The molecule has 0 aromatic heterocycles. The van der Waals surface area contributed by atoms with E-state index in [1.54, 1.807) is 0 Å². The third-order valence-corrected chi connectivity index (χ3v) is 7.01. The number of amides is 2. The Morgan fingerprint density at radius 1 is 1.03 bits per heavy atom. The lowest BCUT2D eigenvalue weighted by Gasteiger charge is -2.32. The van der Waals surface area contributed by atoms with Crippen LogP contribution in [0.5, 0.6) is 0 Å². The van der Waals surface area contributed by atoms with E-state index in [0.29, 0.717) is 0 Å². The number of thioether (sulfide) groups is 1. The fourth-order valence-corrected chi connectivity index (χ4v) is 5.29. The quantitative estimate of drug-likeness (QED) is 0.735. The number of likely N-dealkylation sites (tertiary alicyclic amines) is 1. The zero-order valence-corrected chi connectivity index (χ0v) is 18.4. The van der Waals surface area contributed by atoms with Gasteiger partial charge in [-0.1, -0.05) is 12.1 Å². The maximum absolute atomic E-state index is 12.9.